The number of methoxy groups -OCH3 is 1. The van der Waals surface area contributed by atoms with Gasteiger partial charge in [0, 0.05) is 12.1 Å². The molecule has 0 unspecified atom stereocenters. The second kappa shape index (κ2) is 8.81. The second-order valence-electron chi connectivity index (χ2n) is 4.31. The monoisotopic (exact) mass is 251 g/mol. The molecule has 0 fully saturated rings. The smallest absolute Gasteiger partial charge is 0.124 e. The maximum atomic E-state index is 5.84. The van der Waals surface area contributed by atoms with Gasteiger partial charge in [-0.1, -0.05) is 26.7 Å². The Morgan fingerprint density at radius 3 is 2.67 bits per heavy atom. The van der Waals surface area contributed by atoms with Crippen molar-refractivity contribution in [2.75, 3.05) is 20.3 Å². The zero-order valence-corrected chi connectivity index (χ0v) is 11.8. The minimum atomic E-state index is 0.791. The molecule has 0 aliphatic heterocycles. The first-order valence-corrected chi connectivity index (χ1v) is 6.82. The number of hydrogen-bond donors (Lipinski definition) is 1. The van der Waals surface area contributed by atoms with Crippen molar-refractivity contribution in [1.82, 2.24) is 5.32 Å². The fraction of sp³-hybridized carbons (Fsp3) is 0.600. The predicted molar refractivity (Wildman–Crippen MR) is 75.4 cm³/mol. The molecule has 0 radical (unpaired) electrons. The molecular formula is C15H25NO2. The highest BCUT2D eigenvalue weighted by Gasteiger charge is 2.05. The topological polar surface area (TPSA) is 30.5 Å². The van der Waals surface area contributed by atoms with Gasteiger partial charge in [-0.25, -0.2) is 0 Å². The molecule has 0 atom stereocenters. The summed E-state index contributed by atoms with van der Waals surface area (Å²) in [5.41, 5.74) is 1.16. The van der Waals surface area contributed by atoms with E-state index in [4.69, 9.17) is 9.47 Å². The molecule has 0 saturated heterocycles. The van der Waals surface area contributed by atoms with Crippen LogP contribution in [0.2, 0.25) is 0 Å². The van der Waals surface area contributed by atoms with E-state index < -0.39 is 0 Å². The van der Waals surface area contributed by atoms with Crippen molar-refractivity contribution in [3.63, 3.8) is 0 Å². The molecule has 1 aromatic carbocycles. The zero-order chi connectivity index (χ0) is 13.2. The van der Waals surface area contributed by atoms with Crippen molar-refractivity contribution in [3.05, 3.63) is 23.8 Å². The molecule has 0 saturated carbocycles. The zero-order valence-electron chi connectivity index (χ0n) is 11.8. The number of hydrogen-bond acceptors (Lipinski definition) is 3. The molecule has 0 aliphatic rings. The fourth-order valence-electron chi connectivity index (χ4n) is 1.76. The molecular weight excluding hydrogens is 226 g/mol. The van der Waals surface area contributed by atoms with Crippen LogP contribution in [0.5, 0.6) is 11.5 Å². The molecule has 0 spiro atoms. The summed E-state index contributed by atoms with van der Waals surface area (Å²) in [6.07, 6.45) is 3.55. The average molecular weight is 251 g/mol. The van der Waals surface area contributed by atoms with E-state index in [9.17, 15) is 0 Å². The Kier molecular flexibility index (Phi) is 7.26. The van der Waals surface area contributed by atoms with Crippen LogP contribution in [0.15, 0.2) is 18.2 Å². The van der Waals surface area contributed by atoms with Gasteiger partial charge in [0.1, 0.15) is 11.5 Å². The standard InChI is InChI=1S/C15H25NO2/c1-4-6-7-10-18-15-9-8-14(17-3)11-13(15)12-16-5-2/h8-9,11,16H,4-7,10,12H2,1-3H3. The molecule has 18 heavy (non-hydrogen) atoms. The second-order valence-corrected chi connectivity index (χ2v) is 4.31. The van der Waals surface area contributed by atoms with Gasteiger partial charge < -0.3 is 14.8 Å². The van der Waals surface area contributed by atoms with Crippen molar-refractivity contribution < 1.29 is 9.47 Å². The molecule has 0 amide bonds. The van der Waals surface area contributed by atoms with Crippen LogP contribution < -0.4 is 14.8 Å². The molecule has 0 bridgehead atoms. The van der Waals surface area contributed by atoms with E-state index in [0.717, 1.165) is 43.2 Å². The first-order chi connectivity index (χ1) is 8.81. The first-order valence-electron chi connectivity index (χ1n) is 6.82. The third-order valence-electron chi connectivity index (χ3n) is 2.84. The Balaban J connectivity index is 2.62. The van der Waals surface area contributed by atoms with Gasteiger partial charge in [0.25, 0.3) is 0 Å². The highest BCUT2D eigenvalue weighted by atomic mass is 16.5. The maximum Gasteiger partial charge on any atom is 0.124 e. The van der Waals surface area contributed by atoms with Crippen LogP contribution >= 0.6 is 0 Å². The average Bonchev–Trinajstić information content (AvgIpc) is 2.42. The molecule has 1 aromatic rings. The Hall–Kier alpha value is -1.22. The molecule has 0 aromatic heterocycles. The Morgan fingerprint density at radius 1 is 1.17 bits per heavy atom. The maximum absolute atomic E-state index is 5.84. The number of nitrogens with one attached hydrogen (secondary N) is 1. The van der Waals surface area contributed by atoms with Gasteiger partial charge in [-0.2, -0.15) is 0 Å². The van der Waals surface area contributed by atoms with Crippen molar-refractivity contribution in [3.8, 4) is 11.5 Å². The Labute approximate surface area is 110 Å². The van der Waals surface area contributed by atoms with Gasteiger partial charge in [0.05, 0.1) is 13.7 Å². The summed E-state index contributed by atoms with van der Waals surface area (Å²) in [7, 11) is 1.69. The fourth-order valence-corrected chi connectivity index (χ4v) is 1.76. The molecule has 1 N–H and O–H groups in total. The highest BCUT2D eigenvalue weighted by molar-refractivity contribution is 5.40. The quantitative estimate of drug-likeness (QED) is 0.683. The molecule has 102 valence electrons. The van der Waals surface area contributed by atoms with Gasteiger partial charge in [0.15, 0.2) is 0 Å². The van der Waals surface area contributed by atoms with Crippen LogP contribution in [0.4, 0.5) is 0 Å². The van der Waals surface area contributed by atoms with Crippen LogP contribution in [0, 0.1) is 0 Å². The van der Waals surface area contributed by atoms with E-state index in [1.165, 1.54) is 12.8 Å². The van der Waals surface area contributed by atoms with Crippen LogP contribution in [0.25, 0.3) is 0 Å². The Bertz CT molecular complexity index is 339. The van der Waals surface area contributed by atoms with E-state index in [0.29, 0.717) is 0 Å². The highest BCUT2D eigenvalue weighted by Crippen LogP contribution is 2.24. The molecule has 1 rings (SSSR count). The van der Waals surface area contributed by atoms with E-state index in [-0.39, 0.29) is 0 Å². The summed E-state index contributed by atoms with van der Waals surface area (Å²) in [5.74, 6) is 1.84. The van der Waals surface area contributed by atoms with Gasteiger partial charge >= 0.3 is 0 Å². The predicted octanol–water partition coefficient (Wildman–Crippen LogP) is 3.37. The Morgan fingerprint density at radius 2 is 2.00 bits per heavy atom. The van der Waals surface area contributed by atoms with Crippen molar-refractivity contribution in [1.29, 1.82) is 0 Å². The van der Waals surface area contributed by atoms with Crippen molar-refractivity contribution >= 4 is 0 Å². The normalized spacial score (nSPS) is 10.4. The molecule has 3 nitrogen and oxygen atoms in total. The van der Waals surface area contributed by atoms with Gasteiger partial charge in [-0.05, 0) is 31.2 Å². The minimum Gasteiger partial charge on any atom is -0.497 e. The lowest BCUT2D eigenvalue weighted by Crippen LogP contribution is -2.13. The van der Waals surface area contributed by atoms with Crippen LogP contribution in [0.3, 0.4) is 0 Å². The van der Waals surface area contributed by atoms with Crippen molar-refractivity contribution in [2.45, 2.75) is 39.7 Å². The van der Waals surface area contributed by atoms with Gasteiger partial charge in [0.2, 0.25) is 0 Å². The van der Waals surface area contributed by atoms with Crippen molar-refractivity contribution in [2.24, 2.45) is 0 Å². The largest absolute Gasteiger partial charge is 0.497 e. The summed E-state index contributed by atoms with van der Waals surface area (Å²) in [6, 6.07) is 5.99. The summed E-state index contributed by atoms with van der Waals surface area (Å²) in [4.78, 5) is 0. The third-order valence-corrected chi connectivity index (χ3v) is 2.84. The summed E-state index contributed by atoms with van der Waals surface area (Å²) in [6.45, 7) is 6.86. The molecule has 3 heteroatoms. The minimum absolute atomic E-state index is 0.791. The van der Waals surface area contributed by atoms with Crippen LogP contribution in [-0.2, 0) is 6.54 Å². The van der Waals surface area contributed by atoms with Gasteiger partial charge in [-0.3, -0.25) is 0 Å². The number of ether oxygens (including phenoxy) is 2. The lowest BCUT2D eigenvalue weighted by Gasteiger charge is -2.13. The number of unbranched alkanes of at least 4 members (excludes halogenated alkanes) is 2. The van der Waals surface area contributed by atoms with Crippen LogP contribution in [0.1, 0.15) is 38.7 Å². The number of rotatable bonds is 9. The summed E-state index contributed by atoms with van der Waals surface area (Å²) in [5, 5.41) is 3.32. The molecule has 0 heterocycles. The van der Waals surface area contributed by atoms with E-state index >= 15 is 0 Å². The van der Waals surface area contributed by atoms with E-state index in [1.54, 1.807) is 7.11 Å². The van der Waals surface area contributed by atoms with Gasteiger partial charge in [-0.15, -0.1) is 0 Å². The van der Waals surface area contributed by atoms with E-state index in [1.807, 2.05) is 18.2 Å². The lowest BCUT2D eigenvalue weighted by molar-refractivity contribution is 0.301. The SMILES string of the molecule is CCCCCOc1ccc(OC)cc1CNCC. The molecule has 0 aliphatic carbocycles. The number of benzene rings is 1. The van der Waals surface area contributed by atoms with Crippen LogP contribution in [-0.4, -0.2) is 20.3 Å². The first kappa shape index (κ1) is 14.8. The summed E-state index contributed by atoms with van der Waals surface area (Å²) >= 11 is 0. The lowest BCUT2D eigenvalue weighted by atomic mass is 10.2. The summed E-state index contributed by atoms with van der Waals surface area (Å²) < 4.78 is 11.1. The van der Waals surface area contributed by atoms with E-state index in [2.05, 4.69) is 19.2 Å². The third kappa shape index (κ3) is 4.96.